The smallest absolute Gasteiger partial charge is 0.338 e. The minimum absolute atomic E-state index is 0.0458. The number of benzene rings is 2. The van der Waals surface area contributed by atoms with Crippen molar-refractivity contribution in [1.29, 1.82) is 0 Å². The summed E-state index contributed by atoms with van der Waals surface area (Å²) >= 11 is 5.86. The molecule has 28 heavy (non-hydrogen) atoms. The van der Waals surface area contributed by atoms with E-state index < -0.39 is 16.0 Å². The second-order valence-corrected chi connectivity index (χ2v) is 9.74. The number of ether oxygens (including phenoxy) is 1. The van der Waals surface area contributed by atoms with Crippen LogP contribution in [0.2, 0.25) is 5.02 Å². The van der Waals surface area contributed by atoms with Crippen LogP contribution < -0.4 is 10.0 Å². The summed E-state index contributed by atoms with van der Waals surface area (Å²) in [4.78, 5) is 12.2. The summed E-state index contributed by atoms with van der Waals surface area (Å²) in [7, 11) is -3.98. The Morgan fingerprint density at radius 1 is 1.07 bits per heavy atom. The minimum Gasteiger partial charge on any atom is -0.459 e. The molecule has 0 aliphatic carbocycles. The molecule has 0 saturated heterocycles. The third-order valence-corrected chi connectivity index (χ3v) is 5.13. The van der Waals surface area contributed by atoms with Crippen molar-refractivity contribution < 1.29 is 17.9 Å². The molecule has 0 aromatic heterocycles. The van der Waals surface area contributed by atoms with Crippen molar-refractivity contribution in [3.8, 4) is 0 Å². The van der Waals surface area contributed by atoms with Crippen molar-refractivity contribution in [1.82, 2.24) is 0 Å². The SMILES string of the molecule is CC(C)OC(=O)c1ccc(NC(C)(C)C)c(S(=O)(=O)Nc2ccc(Cl)cc2)c1. The molecule has 0 unspecified atom stereocenters. The molecule has 2 N–H and O–H groups in total. The van der Waals surface area contributed by atoms with E-state index in [1.165, 1.54) is 6.07 Å². The molecule has 0 fully saturated rings. The molecule has 0 heterocycles. The van der Waals surface area contributed by atoms with Crippen molar-refractivity contribution in [2.24, 2.45) is 0 Å². The van der Waals surface area contributed by atoms with Gasteiger partial charge in [0.25, 0.3) is 10.0 Å². The van der Waals surface area contributed by atoms with Crippen LogP contribution in [-0.4, -0.2) is 26.0 Å². The van der Waals surface area contributed by atoms with Crippen LogP contribution in [0.5, 0.6) is 0 Å². The molecule has 0 radical (unpaired) electrons. The van der Waals surface area contributed by atoms with Crippen LogP contribution in [-0.2, 0) is 14.8 Å². The fraction of sp³-hybridized carbons (Fsp3) is 0.350. The van der Waals surface area contributed by atoms with E-state index in [0.29, 0.717) is 16.4 Å². The molecule has 0 saturated carbocycles. The Kier molecular flexibility index (Phi) is 6.62. The van der Waals surface area contributed by atoms with Crippen molar-refractivity contribution in [3.05, 3.63) is 53.1 Å². The lowest BCUT2D eigenvalue weighted by Crippen LogP contribution is -2.28. The summed E-state index contributed by atoms with van der Waals surface area (Å²) in [5, 5.41) is 3.66. The lowest BCUT2D eigenvalue weighted by Gasteiger charge is -2.24. The summed E-state index contributed by atoms with van der Waals surface area (Å²) in [6, 6.07) is 10.7. The fourth-order valence-electron chi connectivity index (χ4n) is 2.39. The van der Waals surface area contributed by atoms with Gasteiger partial charge in [-0.2, -0.15) is 0 Å². The second kappa shape index (κ2) is 8.41. The van der Waals surface area contributed by atoms with Crippen LogP contribution >= 0.6 is 11.6 Å². The van der Waals surface area contributed by atoms with Crippen molar-refractivity contribution in [3.63, 3.8) is 0 Å². The van der Waals surface area contributed by atoms with E-state index in [-0.39, 0.29) is 22.1 Å². The zero-order valence-electron chi connectivity index (χ0n) is 16.5. The molecule has 2 aromatic rings. The van der Waals surface area contributed by atoms with E-state index in [1.807, 2.05) is 20.8 Å². The predicted octanol–water partition coefficient (Wildman–Crippen LogP) is 4.92. The number of esters is 1. The lowest BCUT2D eigenvalue weighted by atomic mass is 10.1. The fourth-order valence-corrected chi connectivity index (χ4v) is 3.76. The standard InChI is InChI=1S/C20H25ClN2O4S/c1-13(2)27-19(24)14-6-11-17(22-20(3,4)5)18(12-14)28(25,26)23-16-9-7-15(21)8-10-16/h6-13,22-23H,1-5H3. The first-order valence-electron chi connectivity index (χ1n) is 8.79. The average Bonchev–Trinajstić information content (AvgIpc) is 2.55. The molecule has 0 aliphatic heterocycles. The van der Waals surface area contributed by atoms with Gasteiger partial charge in [-0.1, -0.05) is 11.6 Å². The maximum Gasteiger partial charge on any atom is 0.338 e. The number of rotatable bonds is 6. The van der Waals surface area contributed by atoms with Crippen molar-refractivity contribution in [2.45, 2.75) is 51.2 Å². The van der Waals surface area contributed by atoms with Gasteiger partial charge in [-0.25, -0.2) is 13.2 Å². The number of carbonyl (C=O) groups is 1. The first-order chi connectivity index (χ1) is 12.9. The lowest BCUT2D eigenvalue weighted by molar-refractivity contribution is 0.0377. The number of halogens is 1. The Labute approximate surface area is 171 Å². The van der Waals surface area contributed by atoms with Crippen LogP contribution in [0.1, 0.15) is 45.0 Å². The van der Waals surface area contributed by atoms with Gasteiger partial charge in [0.1, 0.15) is 4.90 Å². The molecule has 8 heteroatoms. The molecular formula is C20H25ClN2O4S. The molecule has 152 valence electrons. The Bertz CT molecular complexity index is 949. The molecule has 2 aromatic carbocycles. The molecule has 0 aliphatic rings. The maximum atomic E-state index is 13.1. The average molecular weight is 425 g/mol. The Balaban J connectivity index is 2.49. The zero-order chi connectivity index (χ0) is 21.1. The zero-order valence-corrected chi connectivity index (χ0v) is 18.1. The van der Waals surface area contributed by atoms with Gasteiger partial charge in [-0.05, 0) is 77.1 Å². The van der Waals surface area contributed by atoms with Crippen LogP contribution in [0.4, 0.5) is 11.4 Å². The van der Waals surface area contributed by atoms with Gasteiger partial charge in [0.05, 0.1) is 17.4 Å². The molecule has 0 bridgehead atoms. The summed E-state index contributed by atoms with van der Waals surface area (Å²) in [5.74, 6) is -0.583. The summed E-state index contributed by atoms with van der Waals surface area (Å²) in [6.45, 7) is 9.20. The largest absolute Gasteiger partial charge is 0.459 e. The maximum absolute atomic E-state index is 13.1. The molecule has 0 atom stereocenters. The van der Waals surface area contributed by atoms with E-state index in [9.17, 15) is 13.2 Å². The molecule has 6 nitrogen and oxygen atoms in total. The number of carbonyl (C=O) groups excluding carboxylic acids is 1. The van der Waals surface area contributed by atoms with Crippen LogP contribution in [0.25, 0.3) is 0 Å². The van der Waals surface area contributed by atoms with Gasteiger partial charge in [0.2, 0.25) is 0 Å². The van der Waals surface area contributed by atoms with Gasteiger partial charge in [0, 0.05) is 16.2 Å². The molecule has 0 spiro atoms. The first kappa shape index (κ1) is 22.0. The van der Waals surface area contributed by atoms with Crippen molar-refractivity contribution >= 4 is 39.0 Å². The first-order valence-corrected chi connectivity index (χ1v) is 10.6. The summed E-state index contributed by atoms with van der Waals surface area (Å²) in [5.41, 5.74) is 0.519. The Morgan fingerprint density at radius 2 is 1.68 bits per heavy atom. The highest BCUT2D eigenvalue weighted by molar-refractivity contribution is 7.92. The number of hydrogen-bond donors (Lipinski definition) is 2. The number of nitrogens with one attached hydrogen (secondary N) is 2. The van der Waals surface area contributed by atoms with E-state index in [2.05, 4.69) is 10.0 Å². The highest BCUT2D eigenvalue weighted by Gasteiger charge is 2.24. The van der Waals surface area contributed by atoms with Gasteiger partial charge in [0.15, 0.2) is 0 Å². The highest BCUT2D eigenvalue weighted by atomic mass is 35.5. The highest BCUT2D eigenvalue weighted by Crippen LogP contribution is 2.28. The van der Waals surface area contributed by atoms with E-state index in [0.717, 1.165) is 0 Å². The van der Waals surface area contributed by atoms with Crippen molar-refractivity contribution in [2.75, 3.05) is 10.0 Å². The number of anilines is 2. The number of hydrogen-bond acceptors (Lipinski definition) is 5. The van der Waals surface area contributed by atoms with Gasteiger partial charge in [-0.15, -0.1) is 0 Å². The van der Waals surface area contributed by atoms with Gasteiger partial charge >= 0.3 is 5.97 Å². The molecular weight excluding hydrogens is 400 g/mol. The van der Waals surface area contributed by atoms with E-state index >= 15 is 0 Å². The van der Waals surface area contributed by atoms with Gasteiger partial charge in [-0.3, -0.25) is 4.72 Å². The molecule has 0 amide bonds. The number of sulfonamides is 1. The predicted molar refractivity (Wildman–Crippen MR) is 113 cm³/mol. The summed E-state index contributed by atoms with van der Waals surface area (Å²) in [6.07, 6.45) is -0.313. The monoisotopic (exact) mass is 424 g/mol. The van der Waals surface area contributed by atoms with E-state index in [1.54, 1.807) is 50.2 Å². The quantitative estimate of drug-likeness (QED) is 0.643. The topological polar surface area (TPSA) is 84.5 Å². The van der Waals surface area contributed by atoms with Crippen LogP contribution in [0.3, 0.4) is 0 Å². The third kappa shape index (κ3) is 6.14. The molecule has 2 rings (SSSR count). The summed E-state index contributed by atoms with van der Waals surface area (Å²) < 4.78 is 33.8. The van der Waals surface area contributed by atoms with Crippen LogP contribution in [0, 0.1) is 0 Å². The normalized spacial score (nSPS) is 12.0. The second-order valence-electron chi connectivity index (χ2n) is 7.65. The van der Waals surface area contributed by atoms with Crippen LogP contribution in [0.15, 0.2) is 47.4 Å². The third-order valence-electron chi connectivity index (χ3n) is 3.46. The Hall–Kier alpha value is -2.25. The van der Waals surface area contributed by atoms with E-state index in [4.69, 9.17) is 16.3 Å². The van der Waals surface area contributed by atoms with Gasteiger partial charge < -0.3 is 10.1 Å². The Morgan fingerprint density at radius 3 is 2.21 bits per heavy atom. The minimum atomic E-state index is -3.98.